The van der Waals surface area contributed by atoms with Gasteiger partial charge in [-0.05, 0) is 49.7 Å². The number of aliphatic carboxylic acids is 1. The largest absolute Gasteiger partial charge is 0.495 e. The Morgan fingerprint density at radius 2 is 2.18 bits per heavy atom. The average Bonchev–Trinajstić information content (AvgIpc) is 2.82. The van der Waals surface area contributed by atoms with Crippen molar-refractivity contribution in [1.29, 1.82) is 0 Å². The van der Waals surface area contributed by atoms with E-state index in [9.17, 15) is 9.90 Å². The smallest absolute Gasteiger partial charge is 0.320 e. The maximum atomic E-state index is 11.6. The Morgan fingerprint density at radius 3 is 2.97 bits per heavy atom. The van der Waals surface area contributed by atoms with Crippen molar-refractivity contribution in [3.63, 3.8) is 0 Å². The summed E-state index contributed by atoms with van der Waals surface area (Å²) in [5.41, 5.74) is 3.07. The Labute approximate surface area is 200 Å². The van der Waals surface area contributed by atoms with Gasteiger partial charge in [0.2, 0.25) is 0 Å². The number of nitrogens with one attached hydrogen (secondary N) is 2. The van der Waals surface area contributed by atoms with Gasteiger partial charge in [0.15, 0.2) is 0 Å². The molecule has 2 aromatic rings. The summed E-state index contributed by atoms with van der Waals surface area (Å²) in [5.74, 6) is 0.976. The molecule has 1 aliphatic rings. The van der Waals surface area contributed by atoms with Crippen molar-refractivity contribution < 1.29 is 19.4 Å². The lowest BCUT2D eigenvalue weighted by Gasteiger charge is -2.18. The molecule has 3 N–H and O–H groups in total. The van der Waals surface area contributed by atoms with E-state index in [-0.39, 0.29) is 6.54 Å². The monoisotopic (exact) mass is 476 g/mol. The van der Waals surface area contributed by atoms with E-state index < -0.39 is 12.0 Å². The van der Waals surface area contributed by atoms with Crippen LogP contribution in [0.1, 0.15) is 43.0 Å². The standard InChI is InChI=1S/C24H33ClN4O4/c1-16(5-7-18-8-6-17-4-3-10-27-23(17)29-18)15-33-11-9-21(24(30)31)28-12-19-20(25)13-26-14-22(19)32-2/h6,8,13-14,16,21,28H,3-5,7,9-12,15H2,1-2H3,(H,27,29)(H,30,31). The van der Waals surface area contributed by atoms with Crippen molar-refractivity contribution in [2.24, 2.45) is 5.92 Å². The number of hydrogen-bond acceptors (Lipinski definition) is 7. The Balaban J connectivity index is 1.38. The maximum absolute atomic E-state index is 11.6. The zero-order valence-electron chi connectivity index (χ0n) is 19.3. The summed E-state index contributed by atoms with van der Waals surface area (Å²) in [6.07, 6.45) is 7.53. The van der Waals surface area contributed by atoms with Crippen LogP contribution < -0.4 is 15.4 Å². The van der Waals surface area contributed by atoms with Crippen LogP contribution in [0, 0.1) is 5.92 Å². The first-order valence-electron chi connectivity index (χ1n) is 11.4. The first-order valence-corrected chi connectivity index (χ1v) is 11.8. The number of carboxylic acid groups (broad SMARTS) is 1. The number of pyridine rings is 2. The number of anilines is 1. The SMILES string of the molecule is COc1cncc(Cl)c1CNC(CCOCC(C)CCc1ccc2c(n1)NCCC2)C(=O)O. The van der Waals surface area contributed by atoms with Gasteiger partial charge < -0.3 is 25.2 Å². The summed E-state index contributed by atoms with van der Waals surface area (Å²) in [5, 5.41) is 16.4. The molecule has 33 heavy (non-hydrogen) atoms. The number of fused-ring (bicyclic) bond motifs is 1. The molecular weight excluding hydrogens is 444 g/mol. The van der Waals surface area contributed by atoms with Crippen molar-refractivity contribution >= 4 is 23.4 Å². The Kier molecular flexibility index (Phi) is 9.72. The van der Waals surface area contributed by atoms with Crippen LogP contribution in [0.25, 0.3) is 0 Å². The molecule has 8 nitrogen and oxygen atoms in total. The molecule has 0 amide bonds. The fourth-order valence-electron chi connectivity index (χ4n) is 3.80. The number of carbonyl (C=O) groups is 1. The zero-order valence-corrected chi connectivity index (χ0v) is 20.0. The van der Waals surface area contributed by atoms with Crippen molar-refractivity contribution in [3.8, 4) is 5.75 Å². The summed E-state index contributed by atoms with van der Waals surface area (Å²) in [6.45, 7) is 4.33. The Bertz CT molecular complexity index is 927. The summed E-state index contributed by atoms with van der Waals surface area (Å²) >= 11 is 6.18. The van der Waals surface area contributed by atoms with E-state index in [0.717, 1.165) is 43.7 Å². The third kappa shape index (κ3) is 7.55. The summed E-state index contributed by atoms with van der Waals surface area (Å²) in [6, 6.07) is 3.55. The highest BCUT2D eigenvalue weighted by molar-refractivity contribution is 6.31. The Morgan fingerprint density at radius 1 is 1.33 bits per heavy atom. The normalized spacial score (nSPS) is 14.8. The van der Waals surface area contributed by atoms with Crippen LogP contribution in [0.3, 0.4) is 0 Å². The first-order chi connectivity index (χ1) is 16.0. The van der Waals surface area contributed by atoms with Gasteiger partial charge in [-0.2, -0.15) is 0 Å². The van der Waals surface area contributed by atoms with Gasteiger partial charge in [-0.3, -0.25) is 9.78 Å². The van der Waals surface area contributed by atoms with E-state index in [2.05, 4.69) is 34.7 Å². The fraction of sp³-hybridized carbons (Fsp3) is 0.542. The van der Waals surface area contributed by atoms with E-state index in [0.29, 0.717) is 41.9 Å². The predicted molar refractivity (Wildman–Crippen MR) is 128 cm³/mol. The first kappa shape index (κ1) is 25.2. The van der Waals surface area contributed by atoms with E-state index in [1.165, 1.54) is 18.9 Å². The third-order valence-electron chi connectivity index (χ3n) is 5.81. The minimum absolute atomic E-state index is 0.264. The average molecular weight is 477 g/mol. The van der Waals surface area contributed by atoms with Gasteiger partial charge in [0.05, 0.1) is 18.3 Å². The maximum Gasteiger partial charge on any atom is 0.320 e. The summed E-state index contributed by atoms with van der Waals surface area (Å²) in [4.78, 5) is 20.4. The van der Waals surface area contributed by atoms with Crippen LogP contribution >= 0.6 is 11.6 Å². The quantitative estimate of drug-likeness (QED) is 0.376. The molecule has 1 aliphatic heterocycles. The summed E-state index contributed by atoms with van der Waals surface area (Å²) < 4.78 is 11.0. The molecule has 0 radical (unpaired) electrons. The van der Waals surface area contributed by atoms with Crippen molar-refractivity contribution in [3.05, 3.63) is 46.4 Å². The fourth-order valence-corrected chi connectivity index (χ4v) is 4.02. The van der Waals surface area contributed by atoms with E-state index in [4.69, 9.17) is 26.1 Å². The highest BCUT2D eigenvalue weighted by Crippen LogP contribution is 2.25. The molecular formula is C24H33ClN4O4. The number of halogens is 1. The molecule has 0 bridgehead atoms. The molecule has 180 valence electrons. The Hall–Kier alpha value is -2.42. The molecule has 2 unspecified atom stereocenters. The second kappa shape index (κ2) is 12.7. The molecule has 0 aromatic carbocycles. The highest BCUT2D eigenvalue weighted by Gasteiger charge is 2.19. The zero-order chi connectivity index (χ0) is 23.6. The van der Waals surface area contributed by atoms with E-state index >= 15 is 0 Å². The van der Waals surface area contributed by atoms with Gasteiger partial charge in [-0.1, -0.05) is 24.6 Å². The van der Waals surface area contributed by atoms with Gasteiger partial charge in [0, 0.05) is 43.8 Å². The van der Waals surface area contributed by atoms with Crippen LogP contribution in [-0.4, -0.2) is 54.0 Å². The van der Waals surface area contributed by atoms with Gasteiger partial charge in [0.25, 0.3) is 0 Å². The van der Waals surface area contributed by atoms with Crippen LogP contribution in [-0.2, 0) is 28.9 Å². The number of carboxylic acids is 1. The van der Waals surface area contributed by atoms with Gasteiger partial charge in [0.1, 0.15) is 17.6 Å². The molecule has 3 rings (SSSR count). The van der Waals surface area contributed by atoms with Crippen LogP contribution in [0.2, 0.25) is 5.02 Å². The second-order valence-electron chi connectivity index (χ2n) is 8.42. The molecule has 2 aromatic heterocycles. The molecule has 9 heteroatoms. The van der Waals surface area contributed by atoms with Crippen LogP contribution in [0.15, 0.2) is 24.5 Å². The topological polar surface area (TPSA) is 106 Å². The molecule has 2 atom stereocenters. The number of rotatable bonds is 13. The van der Waals surface area contributed by atoms with Gasteiger partial charge in [-0.25, -0.2) is 4.98 Å². The number of aromatic nitrogens is 2. The molecule has 0 spiro atoms. The number of aryl methyl sites for hydroxylation is 2. The highest BCUT2D eigenvalue weighted by atomic mass is 35.5. The number of nitrogens with zero attached hydrogens (tertiary/aromatic N) is 2. The minimum atomic E-state index is -0.928. The third-order valence-corrected chi connectivity index (χ3v) is 6.13. The van der Waals surface area contributed by atoms with Crippen molar-refractivity contribution in [2.45, 2.75) is 51.6 Å². The lowest BCUT2D eigenvalue weighted by molar-refractivity contribution is -0.140. The van der Waals surface area contributed by atoms with E-state index in [1.807, 2.05) is 0 Å². The molecule has 3 heterocycles. The van der Waals surface area contributed by atoms with Gasteiger partial charge in [-0.15, -0.1) is 0 Å². The van der Waals surface area contributed by atoms with E-state index in [1.54, 1.807) is 6.20 Å². The van der Waals surface area contributed by atoms with Crippen LogP contribution in [0.4, 0.5) is 5.82 Å². The number of methoxy groups -OCH3 is 1. The number of ether oxygens (including phenoxy) is 2. The summed E-state index contributed by atoms with van der Waals surface area (Å²) in [7, 11) is 1.53. The minimum Gasteiger partial charge on any atom is -0.495 e. The van der Waals surface area contributed by atoms with Crippen molar-refractivity contribution in [1.82, 2.24) is 15.3 Å². The molecule has 0 aliphatic carbocycles. The van der Waals surface area contributed by atoms with Gasteiger partial charge >= 0.3 is 5.97 Å². The number of hydrogen-bond donors (Lipinski definition) is 3. The van der Waals surface area contributed by atoms with Crippen LogP contribution in [0.5, 0.6) is 5.75 Å². The molecule has 0 saturated heterocycles. The lowest BCUT2D eigenvalue weighted by Crippen LogP contribution is -2.37. The molecule has 0 fully saturated rings. The molecule has 0 saturated carbocycles. The predicted octanol–water partition coefficient (Wildman–Crippen LogP) is 3.72. The lowest BCUT2D eigenvalue weighted by atomic mass is 10.0. The van der Waals surface area contributed by atoms with Crippen molar-refractivity contribution in [2.75, 3.05) is 32.2 Å². The second-order valence-corrected chi connectivity index (χ2v) is 8.83.